The molecule has 1 aromatic carbocycles. The highest BCUT2D eigenvalue weighted by atomic mass is 32.2. The lowest BCUT2D eigenvalue weighted by Crippen LogP contribution is -1.95. The van der Waals surface area contributed by atoms with Crippen molar-refractivity contribution in [1.82, 2.24) is 9.36 Å². The largest absolute Gasteiger partial charge is 0.326 e. The van der Waals surface area contributed by atoms with Crippen molar-refractivity contribution in [2.45, 2.75) is 16.6 Å². The molecule has 2 rings (SSSR count). The number of nitrogens with zero attached hydrogens (tertiary/aromatic N) is 2. The molecule has 3 nitrogen and oxygen atoms in total. The third-order valence-electron chi connectivity index (χ3n) is 1.96. The standard InChI is InChI=1S/C10H11N3S2/c11-5-8-1-3-9(4-2-8)6-14-10-12-7-13-15-10/h1-4,7H,5-6,11H2. The lowest BCUT2D eigenvalue weighted by Gasteiger charge is -2.00. The number of rotatable bonds is 4. The van der Waals surface area contributed by atoms with Crippen LogP contribution in [0.2, 0.25) is 0 Å². The van der Waals surface area contributed by atoms with Gasteiger partial charge in [0.25, 0.3) is 0 Å². The van der Waals surface area contributed by atoms with Gasteiger partial charge in [0.15, 0.2) is 4.34 Å². The Morgan fingerprint density at radius 1 is 1.20 bits per heavy atom. The summed E-state index contributed by atoms with van der Waals surface area (Å²) in [4.78, 5) is 4.12. The Morgan fingerprint density at radius 2 is 1.93 bits per heavy atom. The first-order chi connectivity index (χ1) is 7.38. The second-order valence-corrected chi connectivity index (χ2v) is 5.02. The van der Waals surface area contributed by atoms with Crippen LogP contribution >= 0.6 is 23.3 Å². The molecule has 78 valence electrons. The maximum absolute atomic E-state index is 5.53. The molecule has 0 atom stereocenters. The number of thioether (sulfide) groups is 1. The third-order valence-corrected chi connectivity index (χ3v) is 3.83. The van der Waals surface area contributed by atoms with Crippen molar-refractivity contribution in [1.29, 1.82) is 0 Å². The molecule has 0 fully saturated rings. The average molecular weight is 237 g/mol. The fraction of sp³-hybridized carbons (Fsp3) is 0.200. The van der Waals surface area contributed by atoms with Crippen LogP contribution in [0.25, 0.3) is 0 Å². The summed E-state index contributed by atoms with van der Waals surface area (Å²) in [6, 6.07) is 8.35. The van der Waals surface area contributed by atoms with Gasteiger partial charge in [0.2, 0.25) is 0 Å². The molecule has 0 unspecified atom stereocenters. The van der Waals surface area contributed by atoms with Gasteiger partial charge in [-0.1, -0.05) is 36.0 Å². The highest BCUT2D eigenvalue weighted by Gasteiger charge is 1.99. The molecule has 0 aliphatic carbocycles. The summed E-state index contributed by atoms with van der Waals surface area (Å²) in [6.07, 6.45) is 1.59. The van der Waals surface area contributed by atoms with E-state index in [2.05, 4.69) is 33.6 Å². The topological polar surface area (TPSA) is 51.8 Å². The second kappa shape index (κ2) is 5.25. The predicted octanol–water partition coefficient (Wildman–Crippen LogP) is 2.29. The van der Waals surface area contributed by atoms with Crippen LogP contribution in [0.4, 0.5) is 0 Å². The maximum Gasteiger partial charge on any atom is 0.170 e. The van der Waals surface area contributed by atoms with E-state index in [0.717, 1.165) is 10.1 Å². The van der Waals surface area contributed by atoms with Crippen molar-refractivity contribution >= 4 is 23.3 Å². The van der Waals surface area contributed by atoms with Crippen LogP contribution in [0.3, 0.4) is 0 Å². The number of nitrogens with two attached hydrogens (primary N) is 1. The fourth-order valence-electron chi connectivity index (χ4n) is 1.14. The normalized spacial score (nSPS) is 10.5. The zero-order chi connectivity index (χ0) is 10.5. The van der Waals surface area contributed by atoms with Gasteiger partial charge in [0.05, 0.1) is 0 Å². The van der Waals surface area contributed by atoms with Gasteiger partial charge in [0.1, 0.15) is 6.33 Å². The number of hydrogen-bond acceptors (Lipinski definition) is 5. The van der Waals surface area contributed by atoms with Crippen molar-refractivity contribution in [2.24, 2.45) is 5.73 Å². The van der Waals surface area contributed by atoms with Crippen molar-refractivity contribution in [3.63, 3.8) is 0 Å². The van der Waals surface area contributed by atoms with Crippen LogP contribution in [0.5, 0.6) is 0 Å². The minimum Gasteiger partial charge on any atom is -0.326 e. The summed E-state index contributed by atoms with van der Waals surface area (Å²) in [5.74, 6) is 0.931. The van der Waals surface area contributed by atoms with Crippen molar-refractivity contribution in [3.8, 4) is 0 Å². The quantitative estimate of drug-likeness (QED) is 0.829. The molecule has 0 saturated heterocycles. The minimum atomic E-state index is 0.601. The summed E-state index contributed by atoms with van der Waals surface area (Å²) in [6.45, 7) is 0.601. The predicted molar refractivity (Wildman–Crippen MR) is 63.8 cm³/mol. The zero-order valence-corrected chi connectivity index (χ0v) is 9.72. The van der Waals surface area contributed by atoms with Crippen molar-refractivity contribution < 1.29 is 0 Å². The lowest BCUT2D eigenvalue weighted by atomic mass is 10.1. The second-order valence-electron chi connectivity index (χ2n) is 3.02. The number of hydrogen-bond donors (Lipinski definition) is 1. The summed E-state index contributed by atoms with van der Waals surface area (Å²) in [5, 5.41) is 0. The van der Waals surface area contributed by atoms with Crippen molar-refractivity contribution in [3.05, 3.63) is 41.7 Å². The molecule has 0 spiro atoms. The monoisotopic (exact) mass is 237 g/mol. The van der Waals surface area contributed by atoms with Crippen LogP contribution in [-0.4, -0.2) is 9.36 Å². The highest BCUT2D eigenvalue weighted by Crippen LogP contribution is 2.23. The molecule has 0 aliphatic heterocycles. The van der Waals surface area contributed by atoms with E-state index in [1.807, 2.05) is 0 Å². The van der Waals surface area contributed by atoms with E-state index in [0.29, 0.717) is 6.54 Å². The van der Waals surface area contributed by atoms with Crippen LogP contribution in [0.1, 0.15) is 11.1 Å². The molecular formula is C10H11N3S2. The summed E-state index contributed by atoms with van der Waals surface area (Å²) >= 11 is 3.14. The molecule has 1 heterocycles. The maximum atomic E-state index is 5.53. The van der Waals surface area contributed by atoms with Gasteiger partial charge in [-0.05, 0) is 22.7 Å². The first-order valence-electron chi connectivity index (χ1n) is 4.56. The molecule has 5 heteroatoms. The zero-order valence-electron chi connectivity index (χ0n) is 8.09. The summed E-state index contributed by atoms with van der Waals surface area (Å²) < 4.78 is 4.97. The Hall–Kier alpha value is -0.910. The smallest absolute Gasteiger partial charge is 0.170 e. The molecule has 2 aromatic rings. The molecular weight excluding hydrogens is 226 g/mol. The Balaban J connectivity index is 1.93. The van der Waals surface area contributed by atoms with E-state index < -0.39 is 0 Å². The molecule has 2 N–H and O–H groups in total. The van der Waals surface area contributed by atoms with Crippen LogP contribution in [-0.2, 0) is 12.3 Å². The summed E-state index contributed by atoms with van der Waals surface area (Å²) in [7, 11) is 0. The van der Waals surface area contributed by atoms with Gasteiger partial charge < -0.3 is 5.73 Å². The first kappa shape index (κ1) is 10.6. The number of aromatic nitrogens is 2. The number of benzene rings is 1. The molecule has 0 amide bonds. The van der Waals surface area contributed by atoms with Crippen LogP contribution in [0.15, 0.2) is 34.9 Å². The van der Waals surface area contributed by atoms with Gasteiger partial charge in [-0.2, -0.15) is 4.37 Å². The summed E-state index contributed by atoms with van der Waals surface area (Å²) in [5.41, 5.74) is 7.98. The Labute approximate surface area is 96.9 Å². The van der Waals surface area contributed by atoms with E-state index in [1.165, 1.54) is 22.7 Å². The average Bonchev–Trinajstić information content (AvgIpc) is 2.80. The van der Waals surface area contributed by atoms with Gasteiger partial charge in [-0.25, -0.2) is 4.98 Å². The molecule has 1 aromatic heterocycles. The molecule has 0 bridgehead atoms. The highest BCUT2D eigenvalue weighted by molar-refractivity contribution is 8.00. The molecule has 15 heavy (non-hydrogen) atoms. The first-order valence-corrected chi connectivity index (χ1v) is 6.32. The SMILES string of the molecule is NCc1ccc(CSc2ncns2)cc1. The molecule has 0 aliphatic rings. The third kappa shape index (κ3) is 3.02. The fourth-order valence-corrected chi connectivity index (χ4v) is 2.54. The van der Waals surface area contributed by atoms with E-state index >= 15 is 0 Å². The lowest BCUT2D eigenvalue weighted by molar-refractivity contribution is 1.07. The van der Waals surface area contributed by atoms with E-state index in [4.69, 9.17) is 5.73 Å². The Kier molecular flexibility index (Phi) is 3.71. The molecule has 0 radical (unpaired) electrons. The Morgan fingerprint density at radius 3 is 2.53 bits per heavy atom. The van der Waals surface area contributed by atoms with Gasteiger partial charge in [-0.15, -0.1) is 0 Å². The van der Waals surface area contributed by atoms with Gasteiger partial charge in [-0.3, -0.25) is 0 Å². The minimum absolute atomic E-state index is 0.601. The van der Waals surface area contributed by atoms with E-state index in [-0.39, 0.29) is 0 Å². The van der Waals surface area contributed by atoms with Gasteiger partial charge in [0, 0.05) is 12.3 Å². The van der Waals surface area contributed by atoms with Gasteiger partial charge >= 0.3 is 0 Å². The van der Waals surface area contributed by atoms with Crippen LogP contribution in [0, 0.1) is 0 Å². The van der Waals surface area contributed by atoms with E-state index in [1.54, 1.807) is 18.1 Å². The van der Waals surface area contributed by atoms with E-state index in [9.17, 15) is 0 Å². The van der Waals surface area contributed by atoms with Crippen molar-refractivity contribution in [2.75, 3.05) is 0 Å². The molecule has 0 saturated carbocycles. The van der Waals surface area contributed by atoms with Crippen LogP contribution < -0.4 is 5.73 Å². The Bertz CT molecular complexity index is 397.